The van der Waals surface area contributed by atoms with Gasteiger partial charge in [-0.15, -0.1) is 0 Å². The summed E-state index contributed by atoms with van der Waals surface area (Å²) in [6, 6.07) is -7.03. The number of aliphatic hydroxyl groups excluding tert-OH is 17. The molecule has 30 unspecified atom stereocenters. The lowest BCUT2D eigenvalue weighted by molar-refractivity contribution is -0.388. The molecule has 0 saturated carbocycles. The molecule has 0 spiro atoms. The Kier molecular flexibility index (Phi) is 51.5. The average molecular weight is 1830 g/mol. The molecule has 5 aliphatic rings. The van der Waals surface area contributed by atoms with E-state index in [1.165, 1.54) is 134 Å². The van der Waals surface area contributed by atoms with E-state index in [1.807, 2.05) is 0 Å². The van der Waals surface area contributed by atoms with E-state index in [2.05, 4.69) is 35.1 Å². The van der Waals surface area contributed by atoms with Crippen LogP contribution in [0, 0.1) is 0 Å². The van der Waals surface area contributed by atoms with Gasteiger partial charge in [-0.1, -0.05) is 212 Å². The predicted molar refractivity (Wildman–Crippen MR) is 447 cm³/mol. The fourth-order valence-corrected chi connectivity index (χ4v) is 17.0. The van der Waals surface area contributed by atoms with Crippen molar-refractivity contribution >= 4 is 41.5 Å². The predicted octanol–water partition coefficient (Wildman–Crippen LogP) is -0.537. The maximum atomic E-state index is 13.8. The first-order valence-corrected chi connectivity index (χ1v) is 45.8. The first kappa shape index (κ1) is 112. The Morgan fingerprint density at radius 1 is 0.425 bits per heavy atom. The summed E-state index contributed by atoms with van der Waals surface area (Å²) in [5, 5.41) is 235. The monoisotopic (exact) mass is 1830 g/mol. The molecule has 127 heavy (non-hydrogen) atoms. The number of aliphatic hydroxyl groups is 17. The molecule has 24 N–H and O–H groups in total. The third-order valence-electron chi connectivity index (χ3n) is 24.2. The van der Waals surface area contributed by atoms with Crippen LogP contribution < -0.4 is 21.3 Å². The number of amides is 4. The molecule has 5 heterocycles. The van der Waals surface area contributed by atoms with Crippen LogP contribution in [0.5, 0.6) is 0 Å². The third-order valence-corrected chi connectivity index (χ3v) is 24.2. The maximum Gasteiger partial charge on any atom is 0.364 e. The number of carbonyl (C=O) groups is 7. The van der Waals surface area contributed by atoms with Gasteiger partial charge < -0.3 is 171 Å². The van der Waals surface area contributed by atoms with E-state index in [4.69, 9.17) is 47.4 Å². The summed E-state index contributed by atoms with van der Waals surface area (Å²) < 4.78 is 58.3. The molecule has 738 valence electrons. The molecule has 5 saturated heterocycles. The van der Waals surface area contributed by atoms with Gasteiger partial charge in [-0.25, -0.2) is 14.4 Å². The normalized spacial score (nSPS) is 31.9. The lowest BCUT2D eigenvalue weighted by atomic mass is 9.86. The van der Waals surface area contributed by atoms with Crippen molar-refractivity contribution in [3.8, 4) is 0 Å². The maximum absolute atomic E-state index is 13.8. The van der Waals surface area contributed by atoms with Gasteiger partial charge in [0.15, 0.2) is 12.6 Å². The van der Waals surface area contributed by atoms with Crippen molar-refractivity contribution in [3.63, 3.8) is 0 Å². The highest BCUT2D eigenvalue weighted by molar-refractivity contribution is 5.79. The first-order valence-electron chi connectivity index (χ1n) is 45.8. The Morgan fingerprint density at radius 2 is 0.787 bits per heavy atom. The highest BCUT2D eigenvalue weighted by Gasteiger charge is 2.64. The minimum atomic E-state index is -3.58. The van der Waals surface area contributed by atoms with E-state index in [0.717, 1.165) is 85.0 Å². The number of ether oxygens (including phenoxy) is 10. The number of allylic oxidation sites excluding steroid dienone is 1. The minimum Gasteiger partial charge on any atom is -0.477 e. The molecular formula is C86H152N4O37. The SMILES string of the molecule is CCCCCCCCCCCCCC=CC(O)C(COC1OC(CO)C(OC2OC(CO)C(O)C(OC3(C(=O)O)CC(O)C(NC(C)=O)C(C(O)C(CO)OC4(C(=O)O)CC(O)C(NC(C)=O)C(C(O)C(CO)OC5(C(=O)O)CC(O)C(NC(C)=O)C(C(O)C(O)CO)O5)O4)O3)C2O)C(O)C1O)NC(=O)CCCCCCCCCCCCCCCCCCCCCC. The second-order valence-electron chi connectivity index (χ2n) is 34.6. The van der Waals surface area contributed by atoms with E-state index in [9.17, 15) is 136 Å². The summed E-state index contributed by atoms with van der Waals surface area (Å²) in [5.74, 6) is -20.6. The third kappa shape index (κ3) is 34.7. The molecule has 0 bridgehead atoms. The van der Waals surface area contributed by atoms with Crippen molar-refractivity contribution in [3.05, 3.63) is 12.2 Å². The van der Waals surface area contributed by atoms with E-state index in [1.54, 1.807) is 6.08 Å². The number of hydrogen-bond donors (Lipinski definition) is 24. The molecule has 5 aliphatic heterocycles. The van der Waals surface area contributed by atoms with Gasteiger partial charge >= 0.3 is 17.9 Å². The van der Waals surface area contributed by atoms with Gasteiger partial charge in [0.05, 0.1) is 88.2 Å². The molecule has 30 atom stereocenters. The van der Waals surface area contributed by atoms with Crippen molar-refractivity contribution in [2.45, 2.75) is 448 Å². The zero-order valence-electron chi connectivity index (χ0n) is 74.3. The van der Waals surface area contributed by atoms with Crippen LogP contribution in [0.25, 0.3) is 0 Å². The molecule has 4 amide bonds. The molecule has 0 aromatic carbocycles. The molecule has 41 nitrogen and oxygen atoms in total. The second kappa shape index (κ2) is 58.2. The van der Waals surface area contributed by atoms with Crippen LogP contribution in [-0.4, -0.2) is 366 Å². The highest BCUT2D eigenvalue weighted by Crippen LogP contribution is 2.43. The van der Waals surface area contributed by atoms with Crippen LogP contribution >= 0.6 is 0 Å². The Balaban J connectivity index is 1.32. The Hall–Kier alpha value is -5.05. The van der Waals surface area contributed by atoms with Crippen molar-refractivity contribution in [2.24, 2.45) is 0 Å². The summed E-state index contributed by atoms with van der Waals surface area (Å²) in [6.45, 7) is -0.0497. The van der Waals surface area contributed by atoms with Gasteiger partial charge in [-0.2, -0.15) is 0 Å². The molecule has 41 heteroatoms. The van der Waals surface area contributed by atoms with Crippen molar-refractivity contribution in [1.82, 2.24) is 21.3 Å². The molecule has 5 rings (SSSR count). The molecule has 0 aromatic rings. The Bertz CT molecular complexity index is 3190. The standard InChI is InChI=1S/C86H152N4O37/c1-6-8-10-12-14-16-18-20-21-22-23-24-25-26-28-30-32-34-36-38-40-63(104)90-53(54(99)39-37-35-33-31-29-27-19-17-15-13-11-9-7-2)49-118-79-72(110)71(109)74(62(48-95)120-79)121-80-73(111)78(68(106)59(45-92)119-80)127-86(83(116)117)43-57(102)66(89-52(5)98)77(126-86)70(108)61(47-94)123-85(82(114)115)42-56(101)65(88-51(4)97)76(125-85)69(107)60(46-93)122-84(81(112)113)41-55(100)64(87-50(3)96)75(124-84)67(105)58(103)44-91/h37,39,53-62,64-80,91-95,99-103,105-111H,6-36,38,40-49H2,1-5H3,(H,87,96)(H,88,97)(H,89,98)(H,90,104)(H,112,113)(H,114,115)(H,116,117). The van der Waals surface area contributed by atoms with Crippen LogP contribution in [-0.2, 0) is 80.9 Å². The number of nitrogens with one attached hydrogen (secondary N) is 4. The zero-order chi connectivity index (χ0) is 94.1. The Morgan fingerprint density at radius 3 is 1.16 bits per heavy atom. The minimum absolute atomic E-state index is 0.123. The van der Waals surface area contributed by atoms with Gasteiger partial charge in [0.2, 0.25) is 23.6 Å². The van der Waals surface area contributed by atoms with Gasteiger partial charge in [-0.3, -0.25) is 19.2 Å². The molecule has 0 radical (unpaired) electrons. The number of aliphatic carboxylic acids is 3. The topological polar surface area (TPSA) is 665 Å². The van der Waals surface area contributed by atoms with E-state index in [-0.39, 0.29) is 6.42 Å². The fourth-order valence-electron chi connectivity index (χ4n) is 17.0. The summed E-state index contributed by atoms with van der Waals surface area (Å²) in [7, 11) is 0. The molecule has 0 aliphatic carbocycles. The molecule has 0 aromatic heterocycles. The molecular weight excluding hydrogens is 1680 g/mol. The number of carboxylic acid groups (broad SMARTS) is 3. The summed E-state index contributed by atoms with van der Waals surface area (Å²) in [5.41, 5.74) is 0. The van der Waals surface area contributed by atoms with Crippen molar-refractivity contribution < 1.29 is 183 Å². The number of carboxylic acids is 3. The largest absolute Gasteiger partial charge is 0.477 e. The summed E-state index contributed by atoms with van der Waals surface area (Å²) in [4.78, 5) is 92.3. The zero-order valence-corrected chi connectivity index (χ0v) is 74.3. The smallest absolute Gasteiger partial charge is 0.364 e. The van der Waals surface area contributed by atoms with Crippen LogP contribution in [0.15, 0.2) is 12.2 Å². The number of hydrogen-bond acceptors (Lipinski definition) is 34. The first-order chi connectivity index (χ1) is 60.5. The number of unbranched alkanes of at least 4 members (excludes halogenated alkanes) is 30. The lowest BCUT2D eigenvalue weighted by Crippen LogP contribution is -2.72. The van der Waals surface area contributed by atoms with E-state index < -0.39 is 283 Å². The van der Waals surface area contributed by atoms with Crippen molar-refractivity contribution in [2.75, 3.05) is 39.6 Å². The van der Waals surface area contributed by atoms with Gasteiger partial charge in [0.1, 0.15) is 104 Å². The Labute approximate surface area is 742 Å². The van der Waals surface area contributed by atoms with Gasteiger partial charge in [-0.05, 0) is 19.3 Å². The average Bonchev–Trinajstić information content (AvgIpc) is 0.745. The number of carbonyl (C=O) groups excluding carboxylic acids is 4. The van der Waals surface area contributed by atoms with E-state index in [0.29, 0.717) is 12.8 Å². The van der Waals surface area contributed by atoms with Crippen LogP contribution in [0.2, 0.25) is 0 Å². The van der Waals surface area contributed by atoms with Gasteiger partial charge in [0, 0.05) is 46.5 Å². The van der Waals surface area contributed by atoms with Crippen LogP contribution in [0.1, 0.15) is 266 Å². The summed E-state index contributed by atoms with van der Waals surface area (Å²) >= 11 is 0. The highest BCUT2D eigenvalue weighted by atomic mass is 16.8. The lowest BCUT2D eigenvalue weighted by Gasteiger charge is -2.51. The summed E-state index contributed by atoms with van der Waals surface area (Å²) in [6.07, 6.45) is -15.6. The van der Waals surface area contributed by atoms with E-state index >= 15 is 0 Å². The fraction of sp³-hybridized carbons (Fsp3) is 0.895. The number of rotatable bonds is 64. The van der Waals surface area contributed by atoms with Crippen LogP contribution in [0.4, 0.5) is 0 Å². The second-order valence-corrected chi connectivity index (χ2v) is 34.6. The van der Waals surface area contributed by atoms with Crippen LogP contribution in [0.3, 0.4) is 0 Å². The molecule has 5 fully saturated rings. The van der Waals surface area contributed by atoms with Gasteiger partial charge in [0.25, 0.3) is 17.4 Å². The van der Waals surface area contributed by atoms with Crippen molar-refractivity contribution in [1.29, 1.82) is 0 Å². The quantitative estimate of drug-likeness (QED) is 0.0269.